The molecule has 2 atom stereocenters. The molecule has 21 heavy (non-hydrogen) atoms. The number of anilines is 2. The molecule has 1 aromatic heterocycles. The molecule has 2 saturated heterocycles. The highest BCUT2D eigenvalue weighted by Crippen LogP contribution is 2.38. The van der Waals surface area contributed by atoms with Crippen molar-refractivity contribution in [2.75, 3.05) is 30.3 Å². The number of carbonyl (C=O) groups is 1. The van der Waals surface area contributed by atoms with E-state index >= 15 is 0 Å². The van der Waals surface area contributed by atoms with Crippen molar-refractivity contribution in [1.82, 2.24) is 15.3 Å². The van der Waals surface area contributed by atoms with Crippen LogP contribution in [0.5, 0.6) is 0 Å². The summed E-state index contributed by atoms with van der Waals surface area (Å²) in [5, 5.41) is 13.3. The van der Waals surface area contributed by atoms with Crippen LogP contribution in [0, 0.1) is 12.3 Å². The second-order valence-corrected chi connectivity index (χ2v) is 5.98. The summed E-state index contributed by atoms with van der Waals surface area (Å²) in [5.41, 5.74) is 5.87. The topological polar surface area (TPSA) is 104 Å². The maximum absolute atomic E-state index is 12.4. The Labute approximate surface area is 123 Å². The molecule has 0 bridgehead atoms. The van der Waals surface area contributed by atoms with E-state index in [9.17, 15) is 9.90 Å². The Morgan fingerprint density at radius 1 is 1.57 bits per heavy atom. The van der Waals surface area contributed by atoms with Crippen molar-refractivity contribution in [1.29, 1.82) is 0 Å². The first-order valence-electron chi connectivity index (χ1n) is 7.33. The van der Waals surface area contributed by atoms with Crippen LogP contribution in [0.1, 0.15) is 24.8 Å². The van der Waals surface area contributed by atoms with Gasteiger partial charge in [0.1, 0.15) is 5.82 Å². The number of nitrogens with one attached hydrogen (secondary N) is 1. The van der Waals surface area contributed by atoms with Crippen LogP contribution in [0.15, 0.2) is 6.20 Å². The van der Waals surface area contributed by atoms with E-state index in [2.05, 4.69) is 15.3 Å². The number of aliphatic hydroxyl groups excluding tert-OH is 1. The molecule has 0 aromatic carbocycles. The number of rotatable bonds is 1. The Hall–Kier alpha value is -1.89. The van der Waals surface area contributed by atoms with Crippen LogP contribution in [0.25, 0.3) is 0 Å². The highest BCUT2D eigenvalue weighted by Gasteiger charge is 2.50. The van der Waals surface area contributed by atoms with Crippen LogP contribution in [0.4, 0.5) is 11.8 Å². The number of carbonyl (C=O) groups excluding carboxylic acids is 1. The van der Waals surface area contributed by atoms with Gasteiger partial charge in [-0.15, -0.1) is 0 Å². The second-order valence-electron chi connectivity index (χ2n) is 5.98. The molecule has 1 amide bonds. The highest BCUT2D eigenvalue weighted by atomic mass is 16.3. The second kappa shape index (κ2) is 5.14. The summed E-state index contributed by atoms with van der Waals surface area (Å²) in [6.07, 6.45) is 3.23. The third-order valence-corrected chi connectivity index (χ3v) is 4.58. The van der Waals surface area contributed by atoms with Gasteiger partial charge in [-0.1, -0.05) is 0 Å². The third kappa shape index (κ3) is 2.31. The van der Waals surface area contributed by atoms with E-state index in [0.717, 1.165) is 17.8 Å². The Balaban J connectivity index is 1.92. The van der Waals surface area contributed by atoms with Crippen molar-refractivity contribution in [2.45, 2.75) is 32.3 Å². The molecular weight excluding hydrogens is 270 g/mol. The summed E-state index contributed by atoms with van der Waals surface area (Å²) < 4.78 is 0. The lowest BCUT2D eigenvalue weighted by molar-refractivity contribution is -0.142. The Bertz CT molecular complexity index is 564. The summed E-state index contributed by atoms with van der Waals surface area (Å²) in [4.78, 5) is 22.7. The molecule has 2 aliphatic heterocycles. The minimum absolute atomic E-state index is 0.0503. The number of aryl methyl sites for hydroxylation is 1. The molecule has 0 unspecified atom stereocenters. The van der Waals surface area contributed by atoms with Gasteiger partial charge in [-0.2, -0.15) is 4.98 Å². The molecule has 7 nitrogen and oxygen atoms in total. The molecule has 0 radical (unpaired) electrons. The van der Waals surface area contributed by atoms with Gasteiger partial charge >= 0.3 is 0 Å². The van der Waals surface area contributed by atoms with Gasteiger partial charge in [0, 0.05) is 31.4 Å². The van der Waals surface area contributed by atoms with Gasteiger partial charge in [0.15, 0.2) is 0 Å². The lowest BCUT2D eigenvalue weighted by atomic mass is 9.71. The van der Waals surface area contributed by atoms with Crippen LogP contribution in [0.3, 0.4) is 0 Å². The fourth-order valence-electron chi connectivity index (χ4n) is 3.39. The number of hydrogen-bond acceptors (Lipinski definition) is 6. The van der Waals surface area contributed by atoms with E-state index in [1.54, 1.807) is 6.20 Å². The smallest absolute Gasteiger partial charge is 0.230 e. The Kier molecular flexibility index (Phi) is 3.44. The molecule has 1 aromatic rings. The van der Waals surface area contributed by atoms with E-state index in [4.69, 9.17) is 5.73 Å². The van der Waals surface area contributed by atoms with Gasteiger partial charge < -0.3 is 21.1 Å². The van der Waals surface area contributed by atoms with Gasteiger partial charge in [0.25, 0.3) is 0 Å². The zero-order valence-corrected chi connectivity index (χ0v) is 12.2. The van der Waals surface area contributed by atoms with Crippen molar-refractivity contribution in [3.8, 4) is 0 Å². The molecule has 114 valence electrons. The minimum atomic E-state index is -0.733. The molecule has 2 fully saturated rings. The molecular formula is C14H21N5O2. The summed E-state index contributed by atoms with van der Waals surface area (Å²) in [6.45, 7) is 3.74. The fraction of sp³-hybridized carbons (Fsp3) is 0.643. The number of aliphatic hydroxyl groups is 1. The SMILES string of the molecule is Cc1cnc(N)nc1N1CC[C@@H](O)[C@@]2(CCCNC2=O)C1. The van der Waals surface area contributed by atoms with Gasteiger partial charge in [-0.05, 0) is 26.2 Å². The Morgan fingerprint density at radius 2 is 2.38 bits per heavy atom. The first-order chi connectivity index (χ1) is 10.0. The lowest BCUT2D eigenvalue weighted by Gasteiger charge is -2.47. The van der Waals surface area contributed by atoms with Crippen molar-refractivity contribution >= 4 is 17.7 Å². The summed E-state index contributed by atoms with van der Waals surface area (Å²) in [7, 11) is 0. The van der Waals surface area contributed by atoms with E-state index in [1.165, 1.54) is 0 Å². The predicted molar refractivity (Wildman–Crippen MR) is 78.7 cm³/mol. The van der Waals surface area contributed by atoms with E-state index in [0.29, 0.717) is 32.5 Å². The fourth-order valence-corrected chi connectivity index (χ4v) is 3.39. The van der Waals surface area contributed by atoms with Crippen molar-refractivity contribution < 1.29 is 9.90 Å². The zero-order valence-electron chi connectivity index (χ0n) is 12.2. The van der Waals surface area contributed by atoms with E-state index < -0.39 is 11.5 Å². The molecule has 7 heteroatoms. The average Bonchev–Trinajstić information content (AvgIpc) is 2.47. The number of nitrogen functional groups attached to an aromatic ring is 1. The van der Waals surface area contributed by atoms with Crippen molar-refractivity contribution in [3.63, 3.8) is 0 Å². The van der Waals surface area contributed by atoms with Crippen LogP contribution < -0.4 is 16.0 Å². The van der Waals surface area contributed by atoms with Gasteiger partial charge in [-0.3, -0.25) is 4.79 Å². The van der Waals surface area contributed by atoms with Crippen LogP contribution in [0.2, 0.25) is 0 Å². The number of hydrogen-bond donors (Lipinski definition) is 3. The zero-order chi connectivity index (χ0) is 15.0. The van der Waals surface area contributed by atoms with Crippen LogP contribution in [-0.4, -0.2) is 46.7 Å². The quantitative estimate of drug-likeness (QED) is 0.664. The number of piperidine rings is 2. The molecule has 2 aliphatic rings. The van der Waals surface area contributed by atoms with Gasteiger partial charge in [0.05, 0.1) is 11.5 Å². The molecule has 1 spiro atoms. The highest BCUT2D eigenvalue weighted by molar-refractivity contribution is 5.85. The summed E-state index contributed by atoms with van der Waals surface area (Å²) in [5.74, 6) is 0.932. The molecule has 3 heterocycles. The minimum Gasteiger partial charge on any atom is -0.392 e. The number of nitrogens with zero attached hydrogens (tertiary/aromatic N) is 3. The van der Waals surface area contributed by atoms with Crippen molar-refractivity contribution in [3.05, 3.63) is 11.8 Å². The molecule has 4 N–H and O–H groups in total. The number of aromatic nitrogens is 2. The average molecular weight is 291 g/mol. The maximum atomic E-state index is 12.4. The van der Waals surface area contributed by atoms with Crippen LogP contribution in [-0.2, 0) is 4.79 Å². The standard InChI is InChI=1S/C14H21N5O2/c1-9-7-17-13(15)18-11(9)19-6-3-10(20)14(8-19)4-2-5-16-12(14)21/h7,10,20H,2-6,8H2,1H3,(H,16,21)(H2,15,17,18)/t10-,14-/m1/s1. The largest absolute Gasteiger partial charge is 0.392 e. The first kappa shape index (κ1) is 14.1. The van der Waals surface area contributed by atoms with Crippen LogP contribution >= 0.6 is 0 Å². The molecule has 0 saturated carbocycles. The number of nitrogens with two attached hydrogens (primary N) is 1. The van der Waals surface area contributed by atoms with E-state index in [1.807, 2.05) is 11.8 Å². The first-order valence-corrected chi connectivity index (χ1v) is 7.33. The normalized spacial score (nSPS) is 29.5. The summed E-state index contributed by atoms with van der Waals surface area (Å²) in [6, 6.07) is 0. The molecule has 3 rings (SSSR count). The van der Waals surface area contributed by atoms with Crippen molar-refractivity contribution in [2.24, 2.45) is 5.41 Å². The third-order valence-electron chi connectivity index (χ3n) is 4.58. The maximum Gasteiger partial charge on any atom is 0.230 e. The monoisotopic (exact) mass is 291 g/mol. The van der Waals surface area contributed by atoms with E-state index in [-0.39, 0.29) is 11.9 Å². The molecule has 0 aliphatic carbocycles. The Morgan fingerprint density at radius 3 is 3.14 bits per heavy atom. The number of amides is 1. The van der Waals surface area contributed by atoms with Gasteiger partial charge in [-0.25, -0.2) is 4.98 Å². The lowest BCUT2D eigenvalue weighted by Crippen LogP contribution is -2.61. The predicted octanol–water partition coefficient (Wildman–Crippen LogP) is -0.165. The van der Waals surface area contributed by atoms with Gasteiger partial charge in [0.2, 0.25) is 11.9 Å². The summed E-state index contributed by atoms with van der Waals surface area (Å²) >= 11 is 0.